The highest BCUT2D eigenvalue weighted by Gasteiger charge is 2.13. The lowest BCUT2D eigenvalue weighted by Gasteiger charge is -2.11. The molecule has 0 aliphatic heterocycles. The first kappa shape index (κ1) is 11.8. The van der Waals surface area contributed by atoms with Gasteiger partial charge in [0.2, 0.25) is 5.91 Å². The summed E-state index contributed by atoms with van der Waals surface area (Å²) in [5, 5.41) is 2.96. The van der Waals surface area contributed by atoms with E-state index in [-0.39, 0.29) is 11.8 Å². The molecule has 0 atom stereocenters. The average Bonchev–Trinajstić information content (AvgIpc) is 2.63. The maximum atomic E-state index is 11.7. The summed E-state index contributed by atoms with van der Waals surface area (Å²) in [5.41, 5.74) is 1.15. The predicted octanol–water partition coefficient (Wildman–Crippen LogP) is 2.08. The maximum absolute atomic E-state index is 11.7. The maximum Gasteiger partial charge on any atom is 0.223 e. The quantitative estimate of drug-likeness (QED) is 0.789. The average molecular weight is 208 g/mol. The SMILES string of the molecule is CCC(CC)C(=O)NCc1ccn(C)c1. The van der Waals surface area contributed by atoms with Crippen molar-refractivity contribution < 1.29 is 4.79 Å². The van der Waals surface area contributed by atoms with Crippen LogP contribution in [-0.2, 0) is 18.4 Å². The number of aryl methyl sites for hydroxylation is 1. The van der Waals surface area contributed by atoms with E-state index in [0.717, 1.165) is 18.4 Å². The molecule has 0 saturated carbocycles. The molecule has 15 heavy (non-hydrogen) atoms. The van der Waals surface area contributed by atoms with E-state index in [0.29, 0.717) is 6.54 Å². The van der Waals surface area contributed by atoms with Crippen LogP contribution in [0.2, 0.25) is 0 Å². The molecular weight excluding hydrogens is 188 g/mol. The molecule has 3 heteroatoms. The smallest absolute Gasteiger partial charge is 0.223 e. The molecule has 1 rings (SSSR count). The fourth-order valence-electron chi connectivity index (χ4n) is 1.66. The third-order valence-electron chi connectivity index (χ3n) is 2.72. The van der Waals surface area contributed by atoms with Crippen molar-refractivity contribution in [2.75, 3.05) is 0 Å². The normalized spacial score (nSPS) is 10.7. The second kappa shape index (κ2) is 5.59. The van der Waals surface area contributed by atoms with E-state index in [1.807, 2.05) is 30.1 Å². The van der Waals surface area contributed by atoms with Gasteiger partial charge in [-0.05, 0) is 24.5 Å². The fourth-order valence-corrected chi connectivity index (χ4v) is 1.66. The van der Waals surface area contributed by atoms with Crippen LogP contribution in [0.4, 0.5) is 0 Å². The molecule has 0 bridgehead atoms. The zero-order chi connectivity index (χ0) is 11.3. The van der Waals surface area contributed by atoms with E-state index in [1.54, 1.807) is 0 Å². The predicted molar refractivity (Wildman–Crippen MR) is 61.3 cm³/mol. The van der Waals surface area contributed by atoms with Gasteiger partial charge in [-0.1, -0.05) is 13.8 Å². The van der Waals surface area contributed by atoms with E-state index < -0.39 is 0 Å². The minimum Gasteiger partial charge on any atom is -0.357 e. The minimum absolute atomic E-state index is 0.161. The molecule has 0 unspecified atom stereocenters. The summed E-state index contributed by atoms with van der Waals surface area (Å²) in [7, 11) is 1.98. The Morgan fingerprint density at radius 1 is 1.47 bits per heavy atom. The first-order valence-electron chi connectivity index (χ1n) is 5.55. The molecule has 0 fully saturated rings. The Kier molecular flexibility index (Phi) is 4.40. The molecule has 1 amide bonds. The molecule has 0 spiro atoms. The minimum atomic E-state index is 0.161. The number of aromatic nitrogens is 1. The van der Waals surface area contributed by atoms with Crippen LogP contribution in [0.3, 0.4) is 0 Å². The van der Waals surface area contributed by atoms with Gasteiger partial charge in [0.05, 0.1) is 0 Å². The molecule has 0 radical (unpaired) electrons. The Morgan fingerprint density at radius 2 is 2.13 bits per heavy atom. The van der Waals surface area contributed by atoms with Gasteiger partial charge in [-0.3, -0.25) is 4.79 Å². The highest BCUT2D eigenvalue weighted by atomic mass is 16.1. The molecule has 1 aromatic rings. The van der Waals surface area contributed by atoms with Crippen molar-refractivity contribution in [2.45, 2.75) is 33.2 Å². The molecule has 0 aliphatic carbocycles. The Balaban J connectivity index is 2.40. The van der Waals surface area contributed by atoms with Crippen molar-refractivity contribution in [1.82, 2.24) is 9.88 Å². The second-order valence-corrected chi connectivity index (χ2v) is 3.92. The molecule has 0 aliphatic rings. The first-order valence-corrected chi connectivity index (χ1v) is 5.55. The number of carbonyl (C=O) groups excluding carboxylic acids is 1. The largest absolute Gasteiger partial charge is 0.357 e. The van der Waals surface area contributed by atoms with Crippen molar-refractivity contribution in [1.29, 1.82) is 0 Å². The Morgan fingerprint density at radius 3 is 2.60 bits per heavy atom. The zero-order valence-corrected chi connectivity index (χ0v) is 9.79. The van der Waals surface area contributed by atoms with Gasteiger partial charge >= 0.3 is 0 Å². The molecule has 0 aromatic carbocycles. The highest BCUT2D eigenvalue weighted by molar-refractivity contribution is 5.78. The Bertz CT molecular complexity index is 313. The van der Waals surface area contributed by atoms with Gasteiger partial charge in [0.25, 0.3) is 0 Å². The number of amides is 1. The van der Waals surface area contributed by atoms with Crippen molar-refractivity contribution in [3.8, 4) is 0 Å². The van der Waals surface area contributed by atoms with Crippen molar-refractivity contribution >= 4 is 5.91 Å². The topological polar surface area (TPSA) is 34.0 Å². The van der Waals surface area contributed by atoms with Gasteiger partial charge in [0, 0.05) is 31.9 Å². The van der Waals surface area contributed by atoms with Crippen LogP contribution < -0.4 is 5.32 Å². The van der Waals surface area contributed by atoms with E-state index >= 15 is 0 Å². The van der Waals surface area contributed by atoms with Crippen molar-refractivity contribution in [3.05, 3.63) is 24.0 Å². The molecule has 0 saturated heterocycles. The lowest BCUT2D eigenvalue weighted by molar-refractivity contribution is -0.125. The van der Waals surface area contributed by atoms with E-state index in [9.17, 15) is 4.79 Å². The Hall–Kier alpha value is -1.25. The number of carbonyl (C=O) groups is 1. The molecule has 1 N–H and O–H groups in total. The van der Waals surface area contributed by atoms with Crippen LogP contribution in [0.15, 0.2) is 18.5 Å². The third kappa shape index (κ3) is 3.42. The third-order valence-corrected chi connectivity index (χ3v) is 2.72. The standard InChI is InChI=1S/C12H20N2O/c1-4-11(5-2)12(15)13-8-10-6-7-14(3)9-10/h6-7,9,11H,4-5,8H2,1-3H3,(H,13,15). The zero-order valence-electron chi connectivity index (χ0n) is 9.79. The first-order chi connectivity index (χ1) is 7.17. The Labute approximate surface area is 91.5 Å². The summed E-state index contributed by atoms with van der Waals surface area (Å²) >= 11 is 0. The molecule has 84 valence electrons. The molecule has 1 heterocycles. The highest BCUT2D eigenvalue weighted by Crippen LogP contribution is 2.07. The summed E-state index contributed by atoms with van der Waals surface area (Å²) < 4.78 is 1.98. The summed E-state index contributed by atoms with van der Waals surface area (Å²) in [5.74, 6) is 0.331. The van der Waals surface area contributed by atoms with Gasteiger partial charge in [0.1, 0.15) is 0 Å². The number of nitrogens with zero attached hydrogens (tertiary/aromatic N) is 1. The number of hydrogen-bond donors (Lipinski definition) is 1. The fraction of sp³-hybridized carbons (Fsp3) is 0.583. The van der Waals surface area contributed by atoms with E-state index in [4.69, 9.17) is 0 Å². The van der Waals surface area contributed by atoms with Gasteiger partial charge in [-0.25, -0.2) is 0 Å². The van der Waals surface area contributed by atoms with Gasteiger partial charge in [0.15, 0.2) is 0 Å². The van der Waals surface area contributed by atoms with Gasteiger partial charge in [-0.2, -0.15) is 0 Å². The van der Waals surface area contributed by atoms with Gasteiger partial charge < -0.3 is 9.88 Å². The van der Waals surface area contributed by atoms with E-state index in [2.05, 4.69) is 19.2 Å². The van der Waals surface area contributed by atoms with Crippen LogP contribution >= 0.6 is 0 Å². The lowest BCUT2D eigenvalue weighted by atomic mass is 10.0. The van der Waals surface area contributed by atoms with E-state index in [1.165, 1.54) is 0 Å². The summed E-state index contributed by atoms with van der Waals surface area (Å²) in [4.78, 5) is 11.7. The van der Waals surface area contributed by atoms with Crippen LogP contribution in [0.5, 0.6) is 0 Å². The number of nitrogens with one attached hydrogen (secondary N) is 1. The lowest BCUT2D eigenvalue weighted by Crippen LogP contribution is -2.29. The van der Waals surface area contributed by atoms with Crippen LogP contribution in [-0.4, -0.2) is 10.5 Å². The van der Waals surface area contributed by atoms with Crippen molar-refractivity contribution in [2.24, 2.45) is 13.0 Å². The van der Waals surface area contributed by atoms with Crippen molar-refractivity contribution in [3.63, 3.8) is 0 Å². The summed E-state index contributed by atoms with van der Waals surface area (Å²) in [6, 6.07) is 2.02. The molecule has 1 aromatic heterocycles. The molecule has 3 nitrogen and oxygen atoms in total. The van der Waals surface area contributed by atoms with Crippen LogP contribution in [0.25, 0.3) is 0 Å². The van der Waals surface area contributed by atoms with Crippen LogP contribution in [0.1, 0.15) is 32.3 Å². The number of rotatable bonds is 5. The van der Waals surface area contributed by atoms with Crippen LogP contribution in [0, 0.1) is 5.92 Å². The monoisotopic (exact) mass is 208 g/mol. The molecular formula is C12H20N2O. The summed E-state index contributed by atoms with van der Waals surface area (Å²) in [6.45, 7) is 4.74. The number of hydrogen-bond acceptors (Lipinski definition) is 1. The van der Waals surface area contributed by atoms with Gasteiger partial charge in [-0.15, -0.1) is 0 Å². The second-order valence-electron chi connectivity index (χ2n) is 3.92. The summed E-state index contributed by atoms with van der Waals surface area (Å²) in [6.07, 6.45) is 5.83.